The van der Waals surface area contributed by atoms with Crippen molar-refractivity contribution in [3.63, 3.8) is 0 Å². The molecule has 2 aliphatic heterocycles. The van der Waals surface area contributed by atoms with E-state index < -0.39 is 11.8 Å². The molecule has 0 bridgehead atoms. The van der Waals surface area contributed by atoms with Gasteiger partial charge in [-0.05, 0) is 36.7 Å². The van der Waals surface area contributed by atoms with Gasteiger partial charge in [0.1, 0.15) is 11.6 Å². The van der Waals surface area contributed by atoms with E-state index >= 15 is 0 Å². The third-order valence-corrected chi connectivity index (χ3v) is 4.54. The largest absolute Gasteiger partial charge is 0.374 e. The lowest BCUT2D eigenvalue weighted by atomic mass is 9.72. The second-order valence-corrected chi connectivity index (χ2v) is 6.91. The minimum Gasteiger partial charge on any atom is -0.374 e. The summed E-state index contributed by atoms with van der Waals surface area (Å²) in [6.45, 7) is 6.11. The molecule has 2 fully saturated rings. The van der Waals surface area contributed by atoms with Crippen LogP contribution < -0.4 is 10.9 Å². The summed E-state index contributed by atoms with van der Waals surface area (Å²) in [4.78, 5) is 26.2. The Morgan fingerprint density at radius 2 is 1.68 bits per heavy atom. The van der Waals surface area contributed by atoms with Crippen molar-refractivity contribution < 1.29 is 9.59 Å². The van der Waals surface area contributed by atoms with Gasteiger partial charge in [0.05, 0.1) is 5.57 Å². The van der Waals surface area contributed by atoms with E-state index in [1.165, 1.54) is 0 Å². The molecule has 0 unspecified atom stereocenters. The summed E-state index contributed by atoms with van der Waals surface area (Å²) >= 11 is 0. The van der Waals surface area contributed by atoms with Gasteiger partial charge in [0, 0.05) is 18.8 Å². The van der Waals surface area contributed by atoms with E-state index in [9.17, 15) is 14.9 Å². The minimum absolute atomic E-state index is 0.0796. The van der Waals surface area contributed by atoms with Gasteiger partial charge in [0.2, 0.25) is 0 Å². The van der Waals surface area contributed by atoms with Crippen molar-refractivity contribution in [1.82, 2.24) is 15.8 Å². The summed E-state index contributed by atoms with van der Waals surface area (Å²) in [6, 6.07) is 2.26. The molecule has 0 radical (unpaired) electrons. The second kappa shape index (κ2) is 5.16. The summed E-state index contributed by atoms with van der Waals surface area (Å²) in [5, 5.41) is 9.66. The number of nitriles is 1. The molecule has 6 heteroatoms. The molecule has 3 aliphatic rings. The Morgan fingerprint density at radius 3 is 2.23 bits per heavy atom. The minimum atomic E-state index is -0.439. The van der Waals surface area contributed by atoms with Gasteiger partial charge < -0.3 is 4.90 Å². The van der Waals surface area contributed by atoms with E-state index in [0.29, 0.717) is 17.6 Å². The Labute approximate surface area is 129 Å². The molecule has 22 heavy (non-hydrogen) atoms. The van der Waals surface area contributed by atoms with E-state index in [1.807, 2.05) is 0 Å². The van der Waals surface area contributed by atoms with Crippen LogP contribution in [-0.2, 0) is 9.59 Å². The van der Waals surface area contributed by atoms with Crippen LogP contribution in [-0.4, -0.2) is 29.8 Å². The van der Waals surface area contributed by atoms with Crippen molar-refractivity contribution in [3.8, 4) is 6.07 Å². The molecule has 3 rings (SSSR count). The number of nitrogens with zero attached hydrogens (tertiary/aromatic N) is 2. The lowest BCUT2D eigenvalue weighted by molar-refractivity contribution is -0.117. The number of hydrogen-bond acceptors (Lipinski definition) is 4. The number of hydrogen-bond donors (Lipinski definition) is 2. The number of amides is 2. The van der Waals surface area contributed by atoms with Crippen molar-refractivity contribution in [2.75, 3.05) is 13.1 Å². The number of hydrazine groups is 1. The zero-order valence-corrected chi connectivity index (χ0v) is 13.0. The van der Waals surface area contributed by atoms with Crippen LogP contribution in [0.25, 0.3) is 0 Å². The maximum Gasteiger partial charge on any atom is 0.275 e. The molecule has 6 nitrogen and oxygen atoms in total. The van der Waals surface area contributed by atoms with Crippen LogP contribution in [0.2, 0.25) is 0 Å². The molecule has 2 saturated heterocycles. The van der Waals surface area contributed by atoms with Gasteiger partial charge in [-0.25, -0.2) is 0 Å². The van der Waals surface area contributed by atoms with E-state index in [-0.39, 0.29) is 11.0 Å². The molecule has 0 aromatic heterocycles. The molecule has 0 spiro atoms. The molecule has 0 aromatic rings. The lowest BCUT2D eigenvalue weighted by Crippen LogP contribution is -2.31. The Morgan fingerprint density at radius 1 is 1.09 bits per heavy atom. The number of nitrogens with one attached hydrogen (secondary N) is 2. The highest BCUT2D eigenvalue weighted by molar-refractivity contribution is 6.23. The molecule has 0 saturated carbocycles. The van der Waals surface area contributed by atoms with Crippen molar-refractivity contribution in [1.29, 1.82) is 5.26 Å². The summed E-state index contributed by atoms with van der Waals surface area (Å²) in [6.07, 6.45) is 3.60. The summed E-state index contributed by atoms with van der Waals surface area (Å²) in [5.41, 5.74) is 6.78. The van der Waals surface area contributed by atoms with E-state index in [4.69, 9.17) is 0 Å². The maximum atomic E-state index is 12.0. The van der Waals surface area contributed by atoms with Gasteiger partial charge in [-0.1, -0.05) is 13.8 Å². The van der Waals surface area contributed by atoms with Gasteiger partial charge in [-0.2, -0.15) is 5.26 Å². The number of carbonyl (C=O) groups excluding carboxylic acids is 2. The predicted molar refractivity (Wildman–Crippen MR) is 79.8 cm³/mol. The monoisotopic (exact) mass is 300 g/mol. The maximum absolute atomic E-state index is 12.0. The molecule has 116 valence electrons. The van der Waals surface area contributed by atoms with E-state index in [2.05, 4.69) is 35.7 Å². The fourth-order valence-electron chi connectivity index (χ4n) is 3.56. The number of rotatable bonds is 1. The van der Waals surface area contributed by atoms with Crippen LogP contribution in [0.15, 0.2) is 22.4 Å². The predicted octanol–water partition coefficient (Wildman–Crippen LogP) is 1.14. The topological polar surface area (TPSA) is 85.2 Å². The Balaban J connectivity index is 2.17. The third kappa shape index (κ3) is 2.37. The van der Waals surface area contributed by atoms with Crippen LogP contribution >= 0.6 is 0 Å². The fraction of sp³-hybridized carbons (Fsp3) is 0.562. The van der Waals surface area contributed by atoms with Gasteiger partial charge in [0.25, 0.3) is 11.8 Å². The van der Waals surface area contributed by atoms with Gasteiger partial charge in [-0.3, -0.25) is 20.4 Å². The Kier molecular flexibility index (Phi) is 3.44. The average Bonchev–Trinajstić information content (AvgIpc) is 3.07. The number of carbonyl (C=O) groups is 2. The number of allylic oxidation sites excluding steroid dienone is 3. The molecule has 0 aromatic carbocycles. The van der Waals surface area contributed by atoms with Crippen molar-refractivity contribution in [2.45, 2.75) is 39.5 Å². The zero-order chi connectivity index (χ0) is 15.9. The molecule has 0 atom stereocenters. The summed E-state index contributed by atoms with van der Waals surface area (Å²) in [7, 11) is 0. The van der Waals surface area contributed by atoms with Gasteiger partial charge in [-0.15, -0.1) is 0 Å². The first-order chi connectivity index (χ1) is 10.4. The third-order valence-electron chi connectivity index (χ3n) is 4.54. The molecule has 2 heterocycles. The number of likely N-dealkylation sites (tertiary alicyclic amines) is 1. The average molecular weight is 300 g/mol. The van der Waals surface area contributed by atoms with Gasteiger partial charge >= 0.3 is 0 Å². The van der Waals surface area contributed by atoms with Crippen LogP contribution in [0.3, 0.4) is 0 Å². The molecular weight excluding hydrogens is 280 g/mol. The highest BCUT2D eigenvalue weighted by Gasteiger charge is 2.39. The van der Waals surface area contributed by atoms with Crippen molar-refractivity contribution in [2.24, 2.45) is 5.41 Å². The highest BCUT2D eigenvalue weighted by Crippen LogP contribution is 2.44. The zero-order valence-electron chi connectivity index (χ0n) is 13.0. The molecular formula is C16H20N4O2. The quantitative estimate of drug-likeness (QED) is 0.562. The first kappa shape index (κ1) is 14.6. The molecule has 2 N–H and O–H groups in total. The first-order valence-corrected chi connectivity index (χ1v) is 7.65. The van der Waals surface area contributed by atoms with Crippen molar-refractivity contribution >= 4 is 11.8 Å². The Bertz CT molecular complexity index is 628. The molecule has 2 amide bonds. The van der Waals surface area contributed by atoms with E-state index in [0.717, 1.165) is 38.0 Å². The smallest absolute Gasteiger partial charge is 0.275 e. The highest BCUT2D eigenvalue weighted by atomic mass is 16.2. The molecule has 1 aliphatic carbocycles. The van der Waals surface area contributed by atoms with E-state index in [1.54, 1.807) is 0 Å². The van der Waals surface area contributed by atoms with Crippen LogP contribution in [0.5, 0.6) is 0 Å². The van der Waals surface area contributed by atoms with Crippen LogP contribution in [0, 0.1) is 16.7 Å². The second-order valence-electron chi connectivity index (χ2n) is 6.91. The summed E-state index contributed by atoms with van der Waals surface area (Å²) < 4.78 is 0. The first-order valence-electron chi connectivity index (χ1n) is 7.65. The normalized spacial score (nSPS) is 24.5. The fourth-order valence-corrected chi connectivity index (χ4v) is 3.56. The van der Waals surface area contributed by atoms with Gasteiger partial charge in [0.15, 0.2) is 0 Å². The standard InChI is InChI=1S/C16H20N4O2/c1-16(2)7-10(13-14(21)18-19-15(13)22)11(9-17)12(8-16)20-5-3-4-6-20/h3-8H2,1-2H3,(H,18,21)(H,19,22). The SMILES string of the molecule is CC1(C)CC(=C2C(=O)NNC2=O)C(C#N)=C(N2CCCC2)C1. The Hall–Kier alpha value is -2.29. The lowest BCUT2D eigenvalue weighted by Gasteiger charge is -2.37. The van der Waals surface area contributed by atoms with Crippen molar-refractivity contribution in [3.05, 3.63) is 22.4 Å². The van der Waals surface area contributed by atoms with Crippen LogP contribution in [0.1, 0.15) is 39.5 Å². The summed E-state index contributed by atoms with van der Waals surface area (Å²) in [5.74, 6) is -0.877. The van der Waals surface area contributed by atoms with Crippen LogP contribution in [0.4, 0.5) is 0 Å².